The van der Waals surface area contributed by atoms with Crippen molar-refractivity contribution in [2.45, 2.75) is 13.0 Å². The Bertz CT molecular complexity index is 1200. The number of nitrogens with one attached hydrogen (secondary N) is 1. The Kier molecular flexibility index (Phi) is 5.77. The lowest BCUT2D eigenvalue weighted by Crippen LogP contribution is -2.56. The number of fused-ring (bicyclic) bond motifs is 1. The lowest BCUT2D eigenvalue weighted by molar-refractivity contribution is 0.0119. The summed E-state index contributed by atoms with van der Waals surface area (Å²) in [5.41, 5.74) is 5.13. The SMILES string of the molecule is Cl.Cn1cc(CN2CC3(CCN(c4ncc(C(=O)NO)cn4)C3)C2)c2ccc(C#N)cc21. The molecule has 2 aliphatic heterocycles. The molecule has 0 saturated carbocycles. The number of hydrogen-bond donors (Lipinski definition) is 2. The van der Waals surface area contributed by atoms with Crippen LogP contribution in [0, 0.1) is 16.7 Å². The third-order valence-electron chi connectivity index (χ3n) is 6.44. The Hall–Kier alpha value is -3.19. The number of rotatable bonds is 4. The smallest absolute Gasteiger partial charge is 0.277 e. The summed E-state index contributed by atoms with van der Waals surface area (Å²) in [6, 6.07) is 8.09. The van der Waals surface area contributed by atoms with Crippen LogP contribution in [0.1, 0.15) is 27.9 Å². The van der Waals surface area contributed by atoms with Crippen LogP contribution in [0.25, 0.3) is 10.9 Å². The van der Waals surface area contributed by atoms with Gasteiger partial charge >= 0.3 is 0 Å². The summed E-state index contributed by atoms with van der Waals surface area (Å²) in [5.74, 6) is 0.00326. The largest absolute Gasteiger partial charge is 0.350 e. The molecule has 0 aliphatic carbocycles. The number of halogens is 1. The lowest BCUT2D eigenvalue weighted by Gasteiger charge is -2.48. The van der Waals surface area contributed by atoms with Crippen molar-refractivity contribution in [3.8, 4) is 6.07 Å². The van der Waals surface area contributed by atoms with E-state index in [0.717, 1.165) is 44.7 Å². The van der Waals surface area contributed by atoms with Crippen LogP contribution in [0.15, 0.2) is 36.8 Å². The highest BCUT2D eigenvalue weighted by atomic mass is 35.5. The molecule has 0 atom stereocenters. The predicted molar refractivity (Wildman–Crippen MR) is 121 cm³/mol. The van der Waals surface area contributed by atoms with Crippen LogP contribution in [-0.4, -0.2) is 56.7 Å². The highest BCUT2D eigenvalue weighted by molar-refractivity contribution is 5.92. The van der Waals surface area contributed by atoms with Crippen molar-refractivity contribution in [2.75, 3.05) is 31.1 Å². The van der Waals surface area contributed by atoms with Crippen molar-refractivity contribution in [1.82, 2.24) is 24.9 Å². The summed E-state index contributed by atoms with van der Waals surface area (Å²) >= 11 is 0. The summed E-state index contributed by atoms with van der Waals surface area (Å²) in [4.78, 5) is 24.7. The van der Waals surface area contributed by atoms with Gasteiger partial charge in [-0.25, -0.2) is 15.4 Å². The predicted octanol–water partition coefficient (Wildman–Crippen LogP) is 2.09. The van der Waals surface area contributed by atoms with E-state index < -0.39 is 5.91 Å². The zero-order valence-electron chi connectivity index (χ0n) is 17.7. The molecule has 166 valence electrons. The Morgan fingerprint density at radius 3 is 2.72 bits per heavy atom. The summed E-state index contributed by atoms with van der Waals surface area (Å²) in [7, 11) is 2.02. The number of amides is 1. The van der Waals surface area contributed by atoms with Crippen molar-refractivity contribution in [3.05, 3.63) is 53.5 Å². The number of aryl methyl sites for hydroxylation is 1. The maximum atomic E-state index is 11.4. The maximum absolute atomic E-state index is 11.4. The molecule has 2 aromatic heterocycles. The second-order valence-electron chi connectivity index (χ2n) is 8.64. The van der Waals surface area contributed by atoms with Crippen LogP contribution in [0.5, 0.6) is 0 Å². The maximum Gasteiger partial charge on any atom is 0.277 e. The normalized spacial score (nSPS) is 17.1. The third-order valence-corrected chi connectivity index (χ3v) is 6.44. The van der Waals surface area contributed by atoms with Crippen molar-refractivity contribution >= 4 is 35.2 Å². The highest BCUT2D eigenvalue weighted by Crippen LogP contribution is 2.41. The number of hydrogen-bond acceptors (Lipinski definition) is 7. The molecule has 0 unspecified atom stereocenters. The molecule has 1 aromatic carbocycles. The Labute approximate surface area is 191 Å². The number of carbonyl (C=O) groups excluding carboxylic acids is 1. The standard InChI is InChI=1S/C22H23N7O2.ClH/c1-27-10-17(18-3-2-15(7-23)6-19(18)27)11-28-12-22(13-28)4-5-29(14-22)21-24-8-16(9-25-21)20(30)26-31;/h2-3,6,8-10,31H,4-5,11-14H2,1H3,(H,26,30);1H. The molecule has 2 N–H and O–H groups in total. The Balaban J connectivity index is 0.00000245. The van der Waals surface area contributed by atoms with Crippen molar-refractivity contribution in [1.29, 1.82) is 5.26 Å². The van der Waals surface area contributed by atoms with Gasteiger partial charge in [0.25, 0.3) is 5.91 Å². The van der Waals surface area contributed by atoms with E-state index in [9.17, 15) is 4.79 Å². The van der Waals surface area contributed by atoms with Gasteiger partial charge in [0.2, 0.25) is 5.95 Å². The number of nitrogens with zero attached hydrogens (tertiary/aromatic N) is 6. The number of nitriles is 1. The second-order valence-corrected chi connectivity index (χ2v) is 8.64. The van der Waals surface area contributed by atoms with Crippen LogP contribution < -0.4 is 10.4 Å². The van der Waals surface area contributed by atoms with Crippen molar-refractivity contribution in [3.63, 3.8) is 0 Å². The van der Waals surface area contributed by atoms with Gasteiger partial charge in [-0.3, -0.25) is 14.9 Å². The zero-order chi connectivity index (χ0) is 21.6. The first-order chi connectivity index (χ1) is 15.0. The minimum atomic E-state index is -0.614. The first-order valence-electron chi connectivity index (χ1n) is 10.2. The molecule has 2 saturated heterocycles. The number of anilines is 1. The van der Waals surface area contributed by atoms with Crippen LogP contribution in [0.4, 0.5) is 5.95 Å². The molecule has 2 fully saturated rings. The molecule has 32 heavy (non-hydrogen) atoms. The quantitative estimate of drug-likeness (QED) is 0.459. The third kappa shape index (κ3) is 3.77. The van der Waals surface area contributed by atoms with Gasteiger partial charge < -0.3 is 9.47 Å². The first kappa shape index (κ1) is 22.0. The van der Waals surface area contributed by atoms with Crippen LogP contribution in [0.2, 0.25) is 0 Å². The van der Waals surface area contributed by atoms with E-state index in [1.54, 1.807) is 5.48 Å². The summed E-state index contributed by atoms with van der Waals surface area (Å²) in [6.07, 6.45) is 6.12. The minimum Gasteiger partial charge on any atom is -0.350 e. The Morgan fingerprint density at radius 2 is 2.03 bits per heavy atom. The van der Waals surface area contributed by atoms with E-state index in [0.29, 0.717) is 11.5 Å². The van der Waals surface area contributed by atoms with Gasteiger partial charge in [-0.15, -0.1) is 12.4 Å². The molecular formula is C22H24ClN7O2. The minimum absolute atomic E-state index is 0. The monoisotopic (exact) mass is 453 g/mol. The fourth-order valence-electron chi connectivity index (χ4n) is 4.95. The van der Waals surface area contributed by atoms with E-state index in [-0.39, 0.29) is 23.4 Å². The fraction of sp³-hybridized carbons (Fsp3) is 0.364. The van der Waals surface area contributed by atoms with E-state index in [1.165, 1.54) is 23.3 Å². The molecule has 5 rings (SSSR count). The molecule has 1 spiro atoms. The van der Waals surface area contributed by atoms with Gasteiger partial charge in [-0.05, 0) is 24.1 Å². The summed E-state index contributed by atoms with van der Waals surface area (Å²) < 4.78 is 2.09. The highest BCUT2D eigenvalue weighted by Gasteiger charge is 2.48. The van der Waals surface area contributed by atoms with Crippen LogP contribution >= 0.6 is 12.4 Å². The molecular weight excluding hydrogens is 430 g/mol. The Morgan fingerprint density at radius 1 is 1.28 bits per heavy atom. The van der Waals surface area contributed by atoms with E-state index in [2.05, 4.69) is 36.6 Å². The van der Waals surface area contributed by atoms with Gasteiger partial charge in [0.05, 0.1) is 17.2 Å². The molecule has 0 bridgehead atoms. The molecule has 10 heteroatoms. The molecule has 9 nitrogen and oxygen atoms in total. The number of likely N-dealkylation sites (tertiary alicyclic amines) is 1. The molecule has 4 heterocycles. The molecule has 3 aromatic rings. The van der Waals surface area contributed by atoms with E-state index in [4.69, 9.17) is 10.5 Å². The van der Waals surface area contributed by atoms with Crippen LogP contribution in [-0.2, 0) is 13.6 Å². The van der Waals surface area contributed by atoms with Gasteiger partial charge in [-0.1, -0.05) is 6.07 Å². The number of carbonyl (C=O) groups is 1. The lowest BCUT2D eigenvalue weighted by atomic mass is 9.79. The zero-order valence-corrected chi connectivity index (χ0v) is 18.5. The average molecular weight is 454 g/mol. The van der Waals surface area contributed by atoms with Gasteiger partial charge in [0.1, 0.15) is 0 Å². The van der Waals surface area contributed by atoms with Gasteiger partial charge in [0, 0.05) is 74.7 Å². The van der Waals surface area contributed by atoms with Crippen LogP contribution in [0.3, 0.4) is 0 Å². The topological polar surface area (TPSA) is 110 Å². The van der Waals surface area contributed by atoms with Crippen molar-refractivity contribution < 1.29 is 10.0 Å². The number of hydroxylamine groups is 1. The molecule has 0 radical (unpaired) electrons. The summed E-state index contributed by atoms with van der Waals surface area (Å²) in [6.45, 7) is 4.75. The van der Waals surface area contributed by atoms with Gasteiger partial charge in [-0.2, -0.15) is 5.26 Å². The molecule has 2 aliphatic rings. The number of aromatic nitrogens is 3. The van der Waals surface area contributed by atoms with Crippen molar-refractivity contribution in [2.24, 2.45) is 12.5 Å². The average Bonchev–Trinajstić information content (AvgIpc) is 3.35. The summed E-state index contributed by atoms with van der Waals surface area (Å²) in [5, 5.41) is 19.1. The molecule has 1 amide bonds. The first-order valence-corrected chi connectivity index (χ1v) is 10.2. The van der Waals surface area contributed by atoms with E-state index >= 15 is 0 Å². The van der Waals surface area contributed by atoms with E-state index in [1.807, 2.05) is 25.2 Å². The fourth-order valence-corrected chi connectivity index (χ4v) is 4.95. The second kappa shape index (κ2) is 8.39. The number of benzene rings is 1. The van der Waals surface area contributed by atoms with Gasteiger partial charge in [0.15, 0.2) is 0 Å².